The summed E-state index contributed by atoms with van der Waals surface area (Å²) in [4.78, 5) is 32.4. The first-order valence-electron chi connectivity index (χ1n) is 8.66. The molecule has 0 bridgehead atoms. The van der Waals surface area contributed by atoms with Crippen molar-refractivity contribution in [3.05, 3.63) is 34.5 Å². The Morgan fingerprint density at radius 3 is 2.41 bits per heavy atom. The number of hydrogen-bond donors (Lipinski definition) is 2. The quantitative estimate of drug-likeness (QED) is 0.292. The van der Waals surface area contributed by atoms with Crippen LogP contribution < -0.4 is 20.9 Å². The second-order valence-electron chi connectivity index (χ2n) is 5.89. The number of terminal acetylenes is 1. The van der Waals surface area contributed by atoms with Crippen LogP contribution in [0.15, 0.2) is 12.3 Å². The normalized spacial score (nSPS) is 10.1. The van der Waals surface area contributed by atoms with Crippen LogP contribution in [0.1, 0.15) is 40.4 Å². The number of carbonyl (C=O) groups is 2. The van der Waals surface area contributed by atoms with E-state index in [-0.39, 0.29) is 41.9 Å². The van der Waals surface area contributed by atoms with Crippen LogP contribution in [-0.4, -0.2) is 42.5 Å². The number of anilines is 2. The predicted octanol–water partition coefficient (Wildman–Crippen LogP) is 1.37. The molecule has 1 aromatic carbocycles. The molecule has 4 N–H and O–H groups in total. The molecule has 0 unspecified atom stereocenters. The van der Waals surface area contributed by atoms with Crippen LogP contribution in [0.25, 0.3) is 0 Å². The van der Waals surface area contributed by atoms with Crippen molar-refractivity contribution in [1.29, 1.82) is 0 Å². The molecule has 0 amide bonds. The van der Waals surface area contributed by atoms with Crippen LogP contribution in [0.3, 0.4) is 0 Å². The highest BCUT2D eigenvalue weighted by Gasteiger charge is 2.25. The Balaban J connectivity index is 2.59. The zero-order valence-electron chi connectivity index (χ0n) is 16.4. The van der Waals surface area contributed by atoms with Crippen LogP contribution in [0.4, 0.5) is 11.8 Å². The largest absolute Gasteiger partial charge is 0.492 e. The third-order valence-corrected chi connectivity index (χ3v) is 4.08. The molecule has 0 aliphatic rings. The molecule has 0 saturated carbocycles. The van der Waals surface area contributed by atoms with Crippen molar-refractivity contribution >= 4 is 23.5 Å². The van der Waals surface area contributed by atoms with Crippen molar-refractivity contribution in [1.82, 2.24) is 9.97 Å². The van der Waals surface area contributed by atoms with Crippen LogP contribution in [0.2, 0.25) is 0 Å². The van der Waals surface area contributed by atoms with Gasteiger partial charge in [0.15, 0.2) is 17.3 Å². The monoisotopic (exact) mass is 398 g/mol. The van der Waals surface area contributed by atoms with Gasteiger partial charge >= 0.3 is 5.97 Å². The zero-order valence-corrected chi connectivity index (χ0v) is 16.4. The maximum atomic E-state index is 12.7. The second kappa shape index (κ2) is 9.41. The molecule has 0 saturated heterocycles. The van der Waals surface area contributed by atoms with E-state index in [1.54, 1.807) is 13.0 Å². The fourth-order valence-corrected chi connectivity index (χ4v) is 2.81. The summed E-state index contributed by atoms with van der Waals surface area (Å²) >= 11 is 0. The number of ketones is 1. The van der Waals surface area contributed by atoms with Gasteiger partial charge in [0.05, 0.1) is 32.0 Å². The van der Waals surface area contributed by atoms with Gasteiger partial charge in [0.1, 0.15) is 12.2 Å². The molecule has 0 radical (unpaired) electrons. The summed E-state index contributed by atoms with van der Waals surface area (Å²) in [5, 5.41) is 0. The van der Waals surface area contributed by atoms with E-state index in [1.165, 1.54) is 20.4 Å². The van der Waals surface area contributed by atoms with E-state index in [1.807, 2.05) is 0 Å². The average Bonchev–Trinajstić information content (AvgIpc) is 2.68. The summed E-state index contributed by atoms with van der Waals surface area (Å²) in [5.41, 5.74) is 13.1. The molecule has 9 heteroatoms. The molecular formula is C20H22N4O5. The van der Waals surface area contributed by atoms with Crippen LogP contribution >= 0.6 is 0 Å². The number of Topliss-reactive ketones (excluding diaryl/α,β-unsaturated/α-hetero) is 1. The van der Waals surface area contributed by atoms with Gasteiger partial charge in [-0.2, -0.15) is 4.98 Å². The minimum Gasteiger partial charge on any atom is -0.492 e. The van der Waals surface area contributed by atoms with Crippen molar-refractivity contribution in [3.8, 4) is 23.8 Å². The number of carbonyl (C=O) groups excluding carboxylic acids is 2. The number of methoxy groups -OCH3 is 2. The molecule has 2 rings (SSSR count). The van der Waals surface area contributed by atoms with Crippen molar-refractivity contribution < 1.29 is 23.8 Å². The molecule has 1 heterocycles. The first kappa shape index (κ1) is 21.5. The molecule has 1 aromatic heterocycles. The highest BCUT2D eigenvalue weighted by Crippen LogP contribution is 2.38. The van der Waals surface area contributed by atoms with E-state index in [9.17, 15) is 9.59 Å². The van der Waals surface area contributed by atoms with E-state index < -0.39 is 18.2 Å². The number of hydrogen-bond acceptors (Lipinski definition) is 9. The number of benzene rings is 1. The lowest BCUT2D eigenvalue weighted by molar-refractivity contribution is -0.141. The van der Waals surface area contributed by atoms with E-state index in [0.717, 1.165) is 0 Å². The minimum absolute atomic E-state index is 0.0426. The SMILES string of the molecule is C#Cc1c(Cc2cnc(N)nc2N)cc(C(=O)CC(=O)OCC)c(OC)c1OC. The number of nitrogens with two attached hydrogens (primary N) is 2. The van der Waals surface area contributed by atoms with Gasteiger partial charge in [-0.15, -0.1) is 6.42 Å². The van der Waals surface area contributed by atoms with Crippen LogP contribution in [0, 0.1) is 12.3 Å². The fraction of sp³-hybridized carbons (Fsp3) is 0.300. The Labute approximate surface area is 168 Å². The maximum Gasteiger partial charge on any atom is 0.313 e. The summed E-state index contributed by atoms with van der Waals surface area (Å²) in [6.07, 6.45) is 6.93. The summed E-state index contributed by atoms with van der Waals surface area (Å²) in [6, 6.07) is 1.55. The smallest absolute Gasteiger partial charge is 0.313 e. The summed E-state index contributed by atoms with van der Waals surface area (Å²) in [6.45, 7) is 1.83. The molecule has 0 aliphatic carbocycles. The third-order valence-electron chi connectivity index (χ3n) is 4.08. The topological polar surface area (TPSA) is 140 Å². The minimum atomic E-state index is -0.641. The number of ether oxygens (including phenoxy) is 3. The Bertz CT molecular complexity index is 982. The van der Waals surface area contributed by atoms with Gasteiger partial charge in [-0.05, 0) is 18.6 Å². The standard InChI is InChI=1S/C20H22N4O5/c1-5-13-11(7-12-10-23-20(22)24-19(12)21)8-14(18(28-4)17(13)27-3)15(25)9-16(26)29-6-2/h1,8,10H,6-7,9H2,2-4H3,(H4,21,22,23,24). The average molecular weight is 398 g/mol. The van der Waals surface area contributed by atoms with Gasteiger partial charge in [0.25, 0.3) is 0 Å². The fourth-order valence-electron chi connectivity index (χ4n) is 2.81. The van der Waals surface area contributed by atoms with Gasteiger partial charge in [-0.25, -0.2) is 4.98 Å². The molecule has 0 spiro atoms. The summed E-state index contributed by atoms with van der Waals surface area (Å²) in [5.74, 6) is 1.99. The molecule has 0 atom stereocenters. The van der Waals surface area contributed by atoms with E-state index >= 15 is 0 Å². The van der Waals surface area contributed by atoms with Gasteiger partial charge in [-0.1, -0.05) is 5.92 Å². The van der Waals surface area contributed by atoms with E-state index in [2.05, 4.69) is 15.9 Å². The number of aromatic nitrogens is 2. The summed E-state index contributed by atoms with van der Waals surface area (Å²) < 4.78 is 15.6. The summed E-state index contributed by atoms with van der Waals surface area (Å²) in [7, 11) is 2.79. The Morgan fingerprint density at radius 1 is 1.17 bits per heavy atom. The van der Waals surface area contributed by atoms with Crippen LogP contribution in [-0.2, 0) is 16.0 Å². The lowest BCUT2D eigenvalue weighted by Gasteiger charge is -2.17. The molecular weight excluding hydrogens is 376 g/mol. The van der Waals surface area contributed by atoms with Gasteiger partial charge in [-0.3, -0.25) is 9.59 Å². The molecule has 152 valence electrons. The van der Waals surface area contributed by atoms with Gasteiger partial charge < -0.3 is 25.7 Å². The van der Waals surface area contributed by atoms with Crippen molar-refractivity contribution in [3.63, 3.8) is 0 Å². The number of esters is 1. The molecule has 0 aliphatic heterocycles. The Morgan fingerprint density at radius 2 is 1.86 bits per heavy atom. The van der Waals surface area contributed by atoms with Crippen molar-refractivity contribution in [2.45, 2.75) is 19.8 Å². The zero-order chi connectivity index (χ0) is 21.6. The first-order chi connectivity index (χ1) is 13.9. The Hall–Kier alpha value is -3.80. The molecule has 2 aromatic rings. The second-order valence-corrected chi connectivity index (χ2v) is 5.89. The predicted molar refractivity (Wildman–Crippen MR) is 107 cm³/mol. The Kier molecular flexibility index (Phi) is 6.98. The van der Waals surface area contributed by atoms with Crippen LogP contribution in [0.5, 0.6) is 11.5 Å². The third kappa shape index (κ3) is 4.73. The van der Waals surface area contributed by atoms with Gasteiger partial charge in [0.2, 0.25) is 5.95 Å². The highest BCUT2D eigenvalue weighted by atomic mass is 16.5. The van der Waals surface area contributed by atoms with Gasteiger partial charge in [0, 0.05) is 18.2 Å². The first-order valence-corrected chi connectivity index (χ1v) is 8.66. The van der Waals surface area contributed by atoms with Crippen molar-refractivity contribution in [2.24, 2.45) is 0 Å². The molecule has 0 fully saturated rings. The van der Waals surface area contributed by atoms with E-state index in [0.29, 0.717) is 16.7 Å². The highest BCUT2D eigenvalue weighted by molar-refractivity contribution is 6.08. The molecule has 29 heavy (non-hydrogen) atoms. The van der Waals surface area contributed by atoms with Crippen molar-refractivity contribution in [2.75, 3.05) is 32.3 Å². The number of nitrogen functional groups attached to an aromatic ring is 2. The lowest BCUT2D eigenvalue weighted by atomic mass is 9.94. The lowest BCUT2D eigenvalue weighted by Crippen LogP contribution is -2.14. The van der Waals surface area contributed by atoms with E-state index in [4.69, 9.17) is 32.1 Å². The number of rotatable bonds is 8. The number of nitrogens with zero attached hydrogens (tertiary/aromatic N) is 2. The maximum absolute atomic E-state index is 12.7. The molecule has 9 nitrogen and oxygen atoms in total.